The Kier molecular flexibility index (Phi) is 6.68. The zero-order chi connectivity index (χ0) is 19.3. The van der Waals surface area contributed by atoms with Crippen molar-refractivity contribution >= 4 is 27.7 Å². The van der Waals surface area contributed by atoms with Crippen molar-refractivity contribution in [1.29, 1.82) is 0 Å². The van der Waals surface area contributed by atoms with E-state index in [9.17, 15) is 22.4 Å². The number of carbonyl (C=O) groups excluding carboxylic acids is 2. The van der Waals surface area contributed by atoms with Gasteiger partial charge in [-0.2, -0.15) is 17.0 Å². The van der Waals surface area contributed by atoms with E-state index >= 15 is 0 Å². The van der Waals surface area contributed by atoms with Gasteiger partial charge in [0.1, 0.15) is 5.82 Å². The summed E-state index contributed by atoms with van der Waals surface area (Å²) in [6, 6.07) is 5.57. The summed E-state index contributed by atoms with van der Waals surface area (Å²) >= 11 is 0. The molecule has 26 heavy (non-hydrogen) atoms. The number of benzene rings is 1. The van der Waals surface area contributed by atoms with Crippen LogP contribution in [0.2, 0.25) is 0 Å². The highest BCUT2D eigenvalue weighted by molar-refractivity contribution is 7.86. The van der Waals surface area contributed by atoms with Gasteiger partial charge in [0.25, 0.3) is 10.2 Å². The minimum Gasteiger partial charge on any atom is -0.348 e. The second kappa shape index (κ2) is 8.56. The van der Waals surface area contributed by atoms with Crippen LogP contribution in [0.15, 0.2) is 24.3 Å². The van der Waals surface area contributed by atoms with Gasteiger partial charge >= 0.3 is 11.8 Å². The first-order valence-corrected chi connectivity index (χ1v) is 9.63. The monoisotopic (exact) mass is 386 g/mol. The van der Waals surface area contributed by atoms with Crippen LogP contribution in [0.25, 0.3) is 0 Å². The van der Waals surface area contributed by atoms with Crippen molar-refractivity contribution in [1.82, 2.24) is 13.9 Å². The summed E-state index contributed by atoms with van der Waals surface area (Å²) in [6.45, 7) is 0.990. The first kappa shape index (κ1) is 20.3. The van der Waals surface area contributed by atoms with Crippen molar-refractivity contribution in [2.45, 2.75) is 12.8 Å². The lowest BCUT2D eigenvalue weighted by Gasteiger charge is -2.32. The zero-order valence-corrected chi connectivity index (χ0v) is 15.6. The maximum Gasteiger partial charge on any atom is 0.313 e. The number of rotatable bonds is 5. The molecular weight excluding hydrogens is 363 g/mol. The Morgan fingerprint density at radius 3 is 2.38 bits per heavy atom. The topological polar surface area (TPSA) is 98.8 Å². The van der Waals surface area contributed by atoms with Gasteiger partial charge in [-0.1, -0.05) is 12.1 Å². The van der Waals surface area contributed by atoms with E-state index in [0.717, 1.165) is 0 Å². The molecule has 1 aliphatic heterocycles. The van der Waals surface area contributed by atoms with Crippen molar-refractivity contribution in [3.8, 4) is 0 Å². The summed E-state index contributed by atoms with van der Waals surface area (Å²) in [7, 11) is -0.463. The molecule has 8 nitrogen and oxygen atoms in total. The highest BCUT2D eigenvalue weighted by Crippen LogP contribution is 2.20. The maximum atomic E-state index is 13.5. The molecule has 1 aromatic carbocycles. The van der Waals surface area contributed by atoms with Gasteiger partial charge < -0.3 is 10.6 Å². The van der Waals surface area contributed by atoms with Crippen molar-refractivity contribution in [3.05, 3.63) is 30.1 Å². The highest BCUT2D eigenvalue weighted by Gasteiger charge is 2.29. The Labute approximate surface area is 152 Å². The van der Waals surface area contributed by atoms with Crippen LogP contribution in [-0.4, -0.2) is 62.6 Å². The minimum atomic E-state index is -3.43. The standard InChI is InChI=1S/C16H23FN4O4S/c1-20(2)26(24,25)21-9-7-12(8-10-21)11-18-15(22)16(23)19-14-6-4-3-5-13(14)17/h3-6,12H,7-11H2,1-2H3,(H,18,22)(H,19,23). The van der Waals surface area contributed by atoms with Gasteiger partial charge in [-0.15, -0.1) is 0 Å². The van der Waals surface area contributed by atoms with Gasteiger partial charge in [0.15, 0.2) is 0 Å². The molecule has 0 bridgehead atoms. The van der Waals surface area contributed by atoms with Gasteiger partial charge in [-0.25, -0.2) is 4.39 Å². The van der Waals surface area contributed by atoms with Crippen LogP contribution in [0.5, 0.6) is 0 Å². The predicted octanol–water partition coefficient (Wildman–Crippen LogP) is 0.399. The number of para-hydroxylation sites is 1. The third-order valence-corrected chi connectivity index (χ3v) is 6.18. The Morgan fingerprint density at radius 2 is 1.81 bits per heavy atom. The normalized spacial score (nSPS) is 16.5. The largest absolute Gasteiger partial charge is 0.348 e. The zero-order valence-electron chi connectivity index (χ0n) is 14.7. The molecule has 2 rings (SSSR count). The van der Waals surface area contributed by atoms with E-state index in [4.69, 9.17) is 0 Å². The Bertz CT molecular complexity index is 761. The van der Waals surface area contributed by atoms with E-state index in [2.05, 4.69) is 10.6 Å². The molecule has 0 saturated carbocycles. The van der Waals surface area contributed by atoms with Crippen LogP contribution in [0.1, 0.15) is 12.8 Å². The quantitative estimate of drug-likeness (QED) is 0.716. The average molecular weight is 386 g/mol. The number of nitrogens with zero attached hydrogens (tertiary/aromatic N) is 2. The SMILES string of the molecule is CN(C)S(=O)(=O)N1CCC(CNC(=O)C(=O)Nc2ccccc2F)CC1. The lowest BCUT2D eigenvalue weighted by molar-refractivity contribution is -0.136. The molecule has 0 radical (unpaired) electrons. The second-order valence-corrected chi connectivity index (χ2v) is 8.42. The summed E-state index contributed by atoms with van der Waals surface area (Å²) in [5.41, 5.74) is -0.0603. The molecule has 0 spiro atoms. The van der Waals surface area contributed by atoms with Gasteiger partial charge in [-0.3, -0.25) is 9.59 Å². The van der Waals surface area contributed by atoms with Gasteiger partial charge in [0.05, 0.1) is 5.69 Å². The molecule has 1 heterocycles. The number of hydrogen-bond acceptors (Lipinski definition) is 4. The molecule has 0 aliphatic carbocycles. The molecule has 144 valence electrons. The minimum absolute atomic E-state index is 0.0603. The lowest BCUT2D eigenvalue weighted by atomic mass is 9.98. The number of anilines is 1. The summed E-state index contributed by atoms with van der Waals surface area (Å²) in [5.74, 6) is -2.34. The van der Waals surface area contributed by atoms with E-state index in [1.807, 2.05) is 0 Å². The summed E-state index contributed by atoms with van der Waals surface area (Å²) < 4.78 is 40.1. The smallest absolute Gasteiger partial charge is 0.313 e. The van der Waals surface area contributed by atoms with Gasteiger partial charge in [0.2, 0.25) is 0 Å². The van der Waals surface area contributed by atoms with Crippen LogP contribution >= 0.6 is 0 Å². The van der Waals surface area contributed by atoms with Crippen LogP contribution in [0, 0.1) is 11.7 Å². The van der Waals surface area contributed by atoms with Crippen LogP contribution < -0.4 is 10.6 Å². The van der Waals surface area contributed by atoms with E-state index in [1.54, 1.807) is 6.07 Å². The van der Waals surface area contributed by atoms with E-state index in [1.165, 1.54) is 40.9 Å². The van der Waals surface area contributed by atoms with Crippen molar-refractivity contribution in [2.75, 3.05) is 39.0 Å². The number of hydrogen-bond donors (Lipinski definition) is 2. The van der Waals surface area contributed by atoms with Crippen molar-refractivity contribution in [3.63, 3.8) is 0 Å². The van der Waals surface area contributed by atoms with Gasteiger partial charge in [0, 0.05) is 33.7 Å². The third kappa shape index (κ3) is 4.99. The molecule has 0 atom stereocenters. The number of halogens is 1. The van der Waals surface area contributed by atoms with Crippen molar-refractivity contribution in [2.24, 2.45) is 5.92 Å². The van der Waals surface area contributed by atoms with E-state index in [0.29, 0.717) is 25.9 Å². The van der Waals surface area contributed by atoms with E-state index < -0.39 is 27.8 Å². The second-order valence-electron chi connectivity index (χ2n) is 6.28. The fourth-order valence-electron chi connectivity index (χ4n) is 2.63. The van der Waals surface area contributed by atoms with E-state index in [-0.39, 0.29) is 18.2 Å². The molecule has 2 N–H and O–H groups in total. The number of amides is 2. The molecule has 2 amide bonds. The first-order valence-electron chi connectivity index (χ1n) is 8.23. The van der Waals surface area contributed by atoms with Crippen LogP contribution in [0.4, 0.5) is 10.1 Å². The summed E-state index contributed by atoms with van der Waals surface area (Å²) in [5, 5.41) is 4.73. The fourth-order valence-corrected chi connectivity index (χ4v) is 3.77. The predicted molar refractivity (Wildman–Crippen MR) is 94.9 cm³/mol. The highest BCUT2D eigenvalue weighted by atomic mass is 32.2. The Balaban J connectivity index is 1.78. The summed E-state index contributed by atoms with van der Waals surface area (Å²) in [6.07, 6.45) is 1.17. The van der Waals surface area contributed by atoms with Gasteiger partial charge in [-0.05, 0) is 30.9 Å². The molecule has 1 saturated heterocycles. The number of nitrogens with one attached hydrogen (secondary N) is 2. The lowest BCUT2D eigenvalue weighted by Crippen LogP contribution is -2.46. The molecule has 0 unspecified atom stereocenters. The molecule has 10 heteroatoms. The fraction of sp³-hybridized carbons (Fsp3) is 0.500. The molecule has 1 fully saturated rings. The third-order valence-electron chi connectivity index (χ3n) is 4.24. The molecule has 1 aromatic rings. The van der Waals surface area contributed by atoms with Crippen LogP contribution in [0.3, 0.4) is 0 Å². The number of carbonyl (C=O) groups is 2. The molecule has 1 aliphatic rings. The Hall–Kier alpha value is -2.04. The number of piperidine rings is 1. The summed E-state index contributed by atoms with van der Waals surface area (Å²) in [4.78, 5) is 23.7. The first-order chi connectivity index (χ1) is 12.2. The van der Waals surface area contributed by atoms with Crippen molar-refractivity contribution < 1.29 is 22.4 Å². The van der Waals surface area contributed by atoms with Crippen LogP contribution in [-0.2, 0) is 19.8 Å². The average Bonchev–Trinajstić information content (AvgIpc) is 2.61. The maximum absolute atomic E-state index is 13.5. The Morgan fingerprint density at radius 1 is 1.19 bits per heavy atom. The molecule has 0 aromatic heterocycles. The molecular formula is C16H23FN4O4S.